The summed E-state index contributed by atoms with van der Waals surface area (Å²) >= 11 is 0.232. The molecule has 0 aliphatic heterocycles. The van der Waals surface area contributed by atoms with Crippen molar-refractivity contribution in [3.05, 3.63) is 60.2 Å². The van der Waals surface area contributed by atoms with Crippen molar-refractivity contribution in [3.8, 4) is 0 Å². The molecule has 1 atom stereocenters. The first-order valence-electron chi connectivity index (χ1n) is 5.79. The SMILES string of the molecule is COC(=O)C(O)c1ccc([Se]c2ccccc2)cc1. The van der Waals surface area contributed by atoms with Crippen molar-refractivity contribution >= 4 is 29.8 Å². The van der Waals surface area contributed by atoms with Crippen LogP contribution in [0.3, 0.4) is 0 Å². The van der Waals surface area contributed by atoms with Gasteiger partial charge in [-0.15, -0.1) is 0 Å². The number of carbonyl (C=O) groups excluding carboxylic acids is 1. The Morgan fingerprint density at radius 2 is 1.63 bits per heavy atom. The molecule has 0 aromatic heterocycles. The third-order valence-electron chi connectivity index (χ3n) is 2.60. The second kappa shape index (κ2) is 6.53. The molecule has 1 N–H and O–H groups in total. The molecule has 0 aliphatic rings. The van der Waals surface area contributed by atoms with Crippen LogP contribution in [0.4, 0.5) is 0 Å². The Morgan fingerprint density at radius 1 is 1.05 bits per heavy atom. The van der Waals surface area contributed by atoms with E-state index in [1.807, 2.05) is 30.3 Å². The first-order chi connectivity index (χ1) is 9.20. The van der Waals surface area contributed by atoms with Gasteiger partial charge in [-0.05, 0) is 0 Å². The van der Waals surface area contributed by atoms with E-state index in [9.17, 15) is 9.90 Å². The average Bonchev–Trinajstić information content (AvgIpc) is 2.47. The van der Waals surface area contributed by atoms with Crippen LogP contribution in [-0.2, 0) is 9.53 Å². The summed E-state index contributed by atoms with van der Waals surface area (Å²) in [7, 11) is 1.26. The molecule has 2 aromatic rings. The third kappa shape index (κ3) is 3.67. The van der Waals surface area contributed by atoms with Crippen LogP contribution in [0, 0.1) is 0 Å². The Morgan fingerprint density at radius 3 is 2.21 bits per heavy atom. The Labute approximate surface area is 118 Å². The maximum atomic E-state index is 11.2. The van der Waals surface area contributed by atoms with Crippen molar-refractivity contribution in [1.82, 2.24) is 0 Å². The van der Waals surface area contributed by atoms with Gasteiger partial charge >= 0.3 is 118 Å². The van der Waals surface area contributed by atoms with Crippen LogP contribution in [0.15, 0.2) is 54.6 Å². The van der Waals surface area contributed by atoms with Gasteiger partial charge in [0.15, 0.2) is 0 Å². The maximum absolute atomic E-state index is 11.2. The molecule has 2 rings (SSSR count). The van der Waals surface area contributed by atoms with Crippen LogP contribution in [0.2, 0.25) is 0 Å². The molecule has 0 bridgehead atoms. The van der Waals surface area contributed by atoms with E-state index in [1.54, 1.807) is 12.1 Å². The fraction of sp³-hybridized carbons (Fsp3) is 0.133. The van der Waals surface area contributed by atoms with Crippen LogP contribution in [0.1, 0.15) is 11.7 Å². The number of hydrogen-bond donors (Lipinski definition) is 1. The summed E-state index contributed by atoms with van der Waals surface area (Å²) < 4.78 is 6.99. The zero-order valence-corrected chi connectivity index (χ0v) is 12.2. The van der Waals surface area contributed by atoms with E-state index in [0.29, 0.717) is 5.56 Å². The number of rotatable bonds is 4. The minimum absolute atomic E-state index is 0.232. The van der Waals surface area contributed by atoms with Crippen molar-refractivity contribution in [1.29, 1.82) is 0 Å². The zero-order valence-electron chi connectivity index (χ0n) is 10.4. The van der Waals surface area contributed by atoms with Gasteiger partial charge in [0.05, 0.1) is 0 Å². The van der Waals surface area contributed by atoms with Crippen LogP contribution >= 0.6 is 0 Å². The summed E-state index contributed by atoms with van der Waals surface area (Å²) in [6.07, 6.45) is -1.21. The van der Waals surface area contributed by atoms with Gasteiger partial charge in [0.2, 0.25) is 0 Å². The van der Waals surface area contributed by atoms with Crippen LogP contribution in [0.25, 0.3) is 0 Å². The molecule has 0 amide bonds. The predicted molar refractivity (Wildman–Crippen MR) is 74.9 cm³/mol. The first kappa shape index (κ1) is 13.8. The monoisotopic (exact) mass is 322 g/mol. The van der Waals surface area contributed by atoms with E-state index in [1.165, 1.54) is 16.0 Å². The molecule has 98 valence electrons. The van der Waals surface area contributed by atoms with E-state index in [2.05, 4.69) is 16.9 Å². The molecule has 3 nitrogen and oxygen atoms in total. The van der Waals surface area contributed by atoms with Crippen LogP contribution in [-0.4, -0.2) is 33.1 Å². The average molecular weight is 321 g/mol. The number of aliphatic hydroxyl groups excluding tert-OH is 1. The van der Waals surface area contributed by atoms with E-state index < -0.39 is 12.1 Å². The van der Waals surface area contributed by atoms with Gasteiger partial charge < -0.3 is 0 Å². The fourth-order valence-electron chi connectivity index (χ4n) is 1.59. The topological polar surface area (TPSA) is 46.5 Å². The number of ether oxygens (including phenoxy) is 1. The van der Waals surface area contributed by atoms with E-state index >= 15 is 0 Å². The second-order valence-corrected chi connectivity index (χ2v) is 6.32. The quantitative estimate of drug-likeness (QED) is 0.661. The van der Waals surface area contributed by atoms with Crippen LogP contribution in [0.5, 0.6) is 0 Å². The molecule has 0 heterocycles. The number of benzene rings is 2. The number of esters is 1. The molecular formula is C15H14O3Se. The standard InChI is InChI=1S/C15H14O3Se/c1-18-15(17)14(16)11-7-9-13(10-8-11)19-12-5-3-2-4-6-12/h2-10,14,16H,1H3. The van der Waals surface area contributed by atoms with E-state index in [0.717, 1.165) is 0 Å². The molecule has 0 fully saturated rings. The van der Waals surface area contributed by atoms with Gasteiger partial charge in [0, 0.05) is 0 Å². The van der Waals surface area contributed by atoms with Gasteiger partial charge in [-0.2, -0.15) is 0 Å². The Kier molecular flexibility index (Phi) is 4.74. The van der Waals surface area contributed by atoms with Gasteiger partial charge in [-0.1, -0.05) is 0 Å². The van der Waals surface area contributed by atoms with E-state index in [-0.39, 0.29) is 15.0 Å². The molecule has 0 radical (unpaired) electrons. The summed E-state index contributed by atoms with van der Waals surface area (Å²) in [6.45, 7) is 0. The molecule has 2 aromatic carbocycles. The zero-order chi connectivity index (χ0) is 13.7. The summed E-state index contributed by atoms with van der Waals surface area (Å²) in [5.41, 5.74) is 0.555. The number of aliphatic hydroxyl groups is 1. The van der Waals surface area contributed by atoms with E-state index in [4.69, 9.17) is 0 Å². The normalized spacial score (nSPS) is 11.9. The Bertz CT molecular complexity index is 537. The molecule has 0 aliphatic carbocycles. The van der Waals surface area contributed by atoms with Crippen molar-refractivity contribution in [2.24, 2.45) is 0 Å². The molecule has 4 heteroatoms. The van der Waals surface area contributed by atoms with Gasteiger partial charge in [0.1, 0.15) is 0 Å². The first-order valence-corrected chi connectivity index (χ1v) is 7.51. The Balaban J connectivity index is 2.08. The minimum atomic E-state index is -1.21. The van der Waals surface area contributed by atoms with Crippen molar-refractivity contribution in [2.75, 3.05) is 7.11 Å². The van der Waals surface area contributed by atoms with Crippen molar-refractivity contribution in [3.63, 3.8) is 0 Å². The second-order valence-electron chi connectivity index (χ2n) is 3.91. The Hall–Kier alpha value is -1.61. The third-order valence-corrected chi connectivity index (χ3v) is 4.73. The van der Waals surface area contributed by atoms with Gasteiger partial charge in [0.25, 0.3) is 0 Å². The summed E-state index contributed by atoms with van der Waals surface area (Å²) in [4.78, 5) is 11.2. The molecular weight excluding hydrogens is 307 g/mol. The van der Waals surface area contributed by atoms with Crippen LogP contribution < -0.4 is 8.92 Å². The number of carbonyl (C=O) groups is 1. The van der Waals surface area contributed by atoms with Gasteiger partial charge in [-0.25, -0.2) is 0 Å². The van der Waals surface area contributed by atoms with Crippen molar-refractivity contribution in [2.45, 2.75) is 6.10 Å². The molecule has 19 heavy (non-hydrogen) atoms. The molecule has 0 saturated carbocycles. The molecule has 0 spiro atoms. The fourth-order valence-corrected chi connectivity index (χ4v) is 3.35. The summed E-state index contributed by atoms with van der Waals surface area (Å²) in [6, 6.07) is 17.6. The number of hydrogen-bond acceptors (Lipinski definition) is 3. The number of methoxy groups -OCH3 is 1. The summed E-state index contributed by atoms with van der Waals surface area (Å²) in [5.74, 6) is -0.638. The summed E-state index contributed by atoms with van der Waals surface area (Å²) in [5, 5.41) is 9.70. The molecule has 0 saturated heterocycles. The molecule has 1 unspecified atom stereocenters. The predicted octanol–water partition coefficient (Wildman–Crippen LogP) is 0.548. The van der Waals surface area contributed by atoms with Crippen molar-refractivity contribution < 1.29 is 14.6 Å². The van der Waals surface area contributed by atoms with Gasteiger partial charge in [-0.3, -0.25) is 0 Å².